The van der Waals surface area contributed by atoms with Gasteiger partial charge in [-0.15, -0.1) is 0 Å². The van der Waals surface area contributed by atoms with Crippen LogP contribution in [0.25, 0.3) is 6.08 Å². The van der Waals surface area contributed by atoms with E-state index in [0.29, 0.717) is 0 Å². The van der Waals surface area contributed by atoms with E-state index in [2.05, 4.69) is 16.2 Å². The van der Waals surface area contributed by atoms with Gasteiger partial charge in [-0.25, -0.2) is 0 Å². The molecule has 0 atom stereocenters. The van der Waals surface area contributed by atoms with Gasteiger partial charge in [0, 0.05) is 12.8 Å². The summed E-state index contributed by atoms with van der Waals surface area (Å²) >= 11 is 0. The lowest BCUT2D eigenvalue weighted by atomic mass is 9.89. The summed E-state index contributed by atoms with van der Waals surface area (Å²) in [6, 6.07) is 9.16. The van der Waals surface area contributed by atoms with Crippen LogP contribution in [0, 0.1) is 5.92 Å². The van der Waals surface area contributed by atoms with Crippen LogP contribution in [0.3, 0.4) is 0 Å². The average molecular weight is 329 g/mol. The van der Waals surface area contributed by atoms with Gasteiger partial charge in [0.15, 0.2) is 0 Å². The van der Waals surface area contributed by atoms with Crippen LogP contribution in [-0.2, 0) is 14.4 Å². The zero-order valence-electron chi connectivity index (χ0n) is 13.8. The zero-order chi connectivity index (χ0) is 17.4. The zero-order valence-corrected chi connectivity index (χ0v) is 13.8. The molecule has 0 spiro atoms. The van der Waals surface area contributed by atoms with Crippen molar-refractivity contribution in [2.45, 2.75) is 39.0 Å². The number of hydrogen-bond donors (Lipinski definition) is 3. The molecule has 1 aliphatic rings. The number of nitrogens with one attached hydrogen (secondary N) is 3. The normalized spacial score (nSPS) is 15.5. The molecule has 24 heavy (non-hydrogen) atoms. The van der Waals surface area contributed by atoms with Gasteiger partial charge in [-0.3, -0.25) is 25.2 Å². The molecule has 1 fully saturated rings. The first-order chi connectivity index (χ1) is 11.6. The third-order valence-corrected chi connectivity index (χ3v) is 3.94. The highest BCUT2D eigenvalue weighted by molar-refractivity contribution is 6.01. The van der Waals surface area contributed by atoms with Crippen molar-refractivity contribution >= 4 is 23.8 Å². The molecule has 3 N–H and O–H groups in total. The summed E-state index contributed by atoms with van der Waals surface area (Å²) in [6.07, 6.45) is 6.49. The molecule has 0 radical (unpaired) electrons. The molecule has 0 heterocycles. The number of hydrazine groups is 1. The van der Waals surface area contributed by atoms with Gasteiger partial charge in [0.1, 0.15) is 5.70 Å². The summed E-state index contributed by atoms with van der Waals surface area (Å²) < 4.78 is 0. The van der Waals surface area contributed by atoms with E-state index in [4.69, 9.17) is 0 Å². The molecular formula is C18H23N3O3. The number of carbonyl (C=O) groups excluding carboxylic acids is 3. The molecule has 0 saturated heterocycles. The molecule has 1 aromatic rings. The Bertz CT molecular complexity index is 620. The lowest BCUT2D eigenvalue weighted by molar-refractivity contribution is -0.130. The summed E-state index contributed by atoms with van der Waals surface area (Å²) in [4.78, 5) is 35.6. The van der Waals surface area contributed by atoms with Crippen molar-refractivity contribution < 1.29 is 14.4 Å². The second kappa shape index (κ2) is 8.86. The topological polar surface area (TPSA) is 87.3 Å². The molecule has 1 aromatic carbocycles. The first kappa shape index (κ1) is 17.7. The minimum atomic E-state index is -0.557. The third kappa shape index (κ3) is 5.53. The maximum atomic E-state index is 12.3. The van der Waals surface area contributed by atoms with Crippen molar-refractivity contribution in [3.8, 4) is 0 Å². The minimum absolute atomic E-state index is 0.0543. The molecule has 3 amide bonds. The number of rotatable bonds is 4. The molecule has 0 aromatic heterocycles. The molecule has 2 rings (SSSR count). The molecular weight excluding hydrogens is 306 g/mol. The standard InChI is InChI=1S/C18H23N3O3/c1-13(22)19-16(12-14-8-4-2-5-9-14)18(24)21-20-17(23)15-10-6-3-7-11-15/h2,4-5,8-9,12,15H,3,6-7,10-11H2,1H3,(H,19,22)(H,20,23)(H,21,24)/b16-12-. The lowest BCUT2D eigenvalue weighted by Gasteiger charge is -2.21. The van der Waals surface area contributed by atoms with Crippen LogP contribution >= 0.6 is 0 Å². The Morgan fingerprint density at radius 2 is 1.67 bits per heavy atom. The summed E-state index contributed by atoms with van der Waals surface area (Å²) in [6.45, 7) is 1.33. The summed E-state index contributed by atoms with van der Waals surface area (Å²) in [7, 11) is 0. The van der Waals surface area contributed by atoms with E-state index in [-0.39, 0.29) is 23.4 Å². The molecule has 6 heteroatoms. The Labute approximate surface area is 141 Å². The van der Waals surface area contributed by atoms with E-state index in [1.54, 1.807) is 6.08 Å². The van der Waals surface area contributed by atoms with Crippen LogP contribution in [0.1, 0.15) is 44.6 Å². The van der Waals surface area contributed by atoms with Crippen LogP contribution in [0.15, 0.2) is 36.0 Å². The molecule has 1 saturated carbocycles. The molecule has 0 aliphatic heterocycles. The Morgan fingerprint density at radius 1 is 1.00 bits per heavy atom. The quantitative estimate of drug-likeness (QED) is 0.582. The maximum Gasteiger partial charge on any atom is 0.286 e. The fourth-order valence-electron chi connectivity index (χ4n) is 2.72. The maximum absolute atomic E-state index is 12.3. The molecule has 6 nitrogen and oxygen atoms in total. The smallest absolute Gasteiger partial charge is 0.286 e. The molecule has 0 bridgehead atoms. The number of benzene rings is 1. The lowest BCUT2D eigenvalue weighted by Crippen LogP contribution is -2.47. The second-order valence-electron chi connectivity index (χ2n) is 5.93. The fraction of sp³-hybridized carbons (Fsp3) is 0.389. The molecule has 1 aliphatic carbocycles. The van der Waals surface area contributed by atoms with Gasteiger partial charge in [-0.1, -0.05) is 49.6 Å². The highest BCUT2D eigenvalue weighted by atomic mass is 16.2. The van der Waals surface area contributed by atoms with E-state index in [9.17, 15) is 14.4 Å². The average Bonchev–Trinajstić information content (AvgIpc) is 2.60. The van der Waals surface area contributed by atoms with Gasteiger partial charge in [0.25, 0.3) is 5.91 Å². The van der Waals surface area contributed by atoms with Crippen molar-refractivity contribution in [3.05, 3.63) is 41.6 Å². The van der Waals surface area contributed by atoms with Gasteiger partial charge in [-0.2, -0.15) is 0 Å². The monoisotopic (exact) mass is 329 g/mol. The van der Waals surface area contributed by atoms with E-state index >= 15 is 0 Å². The highest BCUT2D eigenvalue weighted by Crippen LogP contribution is 2.23. The van der Waals surface area contributed by atoms with Gasteiger partial charge in [-0.05, 0) is 24.5 Å². The van der Waals surface area contributed by atoms with Crippen molar-refractivity contribution in [1.29, 1.82) is 0 Å². The van der Waals surface area contributed by atoms with Crippen LogP contribution < -0.4 is 16.2 Å². The minimum Gasteiger partial charge on any atom is -0.322 e. The second-order valence-corrected chi connectivity index (χ2v) is 5.93. The van der Waals surface area contributed by atoms with Gasteiger partial charge < -0.3 is 5.32 Å². The summed E-state index contributed by atoms with van der Waals surface area (Å²) in [5, 5.41) is 2.49. The fourth-order valence-corrected chi connectivity index (χ4v) is 2.72. The summed E-state index contributed by atoms with van der Waals surface area (Å²) in [5.74, 6) is -1.14. The van der Waals surface area contributed by atoms with Crippen molar-refractivity contribution in [2.24, 2.45) is 5.92 Å². The van der Waals surface area contributed by atoms with Gasteiger partial charge in [0.2, 0.25) is 11.8 Å². The number of hydrogen-bond acceptors (Lipinski definition) is 3. The predicted molar refractivity (Wildman–Crippen MR) is 91.1 cm³/mol. The molecule has 0 unspecified atom stereocenters. The van der Waals surface area contributed by atoms with Crippen LogP contribution in [0.4, 0.5) is 0 Å². The number of amides is 3. The van der Waals surface area contributed by atoms with Gasteiger partial charge >= 0.3 is 0 Å². The SMILES string of the molecule is CC(=O)N/C(=C\c1ccccc1)C(=O)NNC(=O)C1CCCCC1. The van der Waals surface area contributed by atoms with Crippen LogP contribution in [-0.4, -0.2) is 17.7 Å². The van der Waals surface area contributed by atoms with E-state index < -0.39 is 5.91 Å². The van der Waals surface area contributed by atoms with E-state index in [0.717, 1.165) is 37.7 Å². The van der Waals surface area contributed by atoms with Crippen molar-refractivity contribution in [1.82, 2.24) is 16.2 Å². The van der Waals surface area contributed by atoms with E-state index in [1.807, 2.05) is 30.3 Å². The Kier molecular flexibility index (Phi) is 6.54. The molecule has 128 valence electrons. The first-order valence-electron chi connectivity index (χ1n) is 8.21. The third-order valence-electron chi connectivity index (χ3n) is 3.94. The van der Waals surface area contributed by atoms with Crippen molar-refractivity contribution in [3.63, 3.8) is 0 Å². The summed E-state index contributed by atoms with van der Waals surface area (Å²) in [5.41, 5.74) is 5.70. The van der Waals surface area contributed by atoms with Crippen LogP contribution in [0.5, 0.6) is 0 Å². The van der Waals surface area contributed by atoms with Crippen molar-refractivity contribution in [2.75, 3.05) is 0 Å². The van der Waals surface area contributed by atoms with E-state index in [1.165, 1.54) is 6.92 Å². The number of carbonyl (C=O) groups is 3. The van der Waals surface area contributed by atoms with Gasteiger partial charge in [0.05, 0.1) is 0 Å². The highest BCUT2D eigenvalue weighted by Gasteiger charge is 2.21. The first-order valence-corrected chi connectivity index (χ1v) is 8.21. The Balaban J connectivity index is 1.98. The Morgan fingerprint density at radius 3 is 2.29 bits per heavy atom. The Hall–Kier alpha value is -2.63. The predicted octanol–water partition coefficient (Wildman–Crippen LogP) is 1.89. The van der Waals surface area contributed by atoms with Crippen LogP contribution in [0.2, 0.25) is 0 Å². The largest absolute Gasteiger partial charge is 0.322 e.